The van der Waals surface area contributed by atoms with E-state index in [1.807, 2.05) is 6.92 Å². The first-order valence-corrected chi connectivity index (χ1v) is 7.75. The van der Waals surface area contributed by atoms with E-state index in [1.54, 1.807) is 0 Å². The summed E-state index contributed by atoms with van der Waals surface area (Å²) in [5.41, 5.74) is 4.23. The molecule has 0 fully saturated rings. The quantitative estimate of drug-likeness (QED) is 0.915. The highest BCUT2D eigenvalue weighted by atomic mass is 16.2. The molecule has 0 unspecified atom stereocenters. The van der Waals surface area contributed by atoms with E-state index in [2.05, 4.69) is 28.5 Å². The summed E-state index contributed by atoms with van der Waals surface area (Å²) in [7, 11) is 0. The van der Waals surface area contributed by atoms with E-state index in [4.69, 9.17) is 0 Å². The second kappa shape index (κ2) is 6.18. The Morgan fingerprint density at radius 1 is 1.14 bits per heavy atom. The number of aryl methyl sites for hydroxylation is 2. The predicted octanol–water partition coefficient (Wildman–Crippen LogP) is 2.74. The van der Waals surface area contributed by atoms with Crippen LogP contribution in [0.15, 0.2) is 41.3 Å². The van der Waals surface area contributed by atoms with E-state index >= 15 is 0 Å². The molecule has 0 saturated heterocycles. The topological polar surface area (TPSA) is 62.0 Å². The molecule has 2 N–H and O–H groups in total. The van der Waals surface area contributed by atoms with Crippen molar-refractivity contribution in [1.82, 2.24) is 10.3 Å². The Hall–Kier alpha value is -2.36. The van der Waals surface area contributed by atoms with Gasteiger partial charge in [-0.3, -0.25) is 9.59 Å². The summed E-state index contributed by atoms with van der Waals surface area (Å²) in [5, 5.41) is 2.98. The number of fused-ring (bicyclic) bond motifs is 1. The van der Waals surface area contributed by atoms with Crippen LogP contribution >= 0.6 is 0 Å². The van der Waals surface area contributed by atoms with Crippen LogP contribution < -0.4 is 10.9 Å². The van der Waals surface area contributed by atoms with E-state index in [0.29, 0.717) is 5.56 Å². The van der Waals surface area contributed by atoms with Crippen LogP contribution in [-0.2, 0) is 12.8 Å². The number of aromatic amines is 1. The summed E-state index contributed by atoms with van der Waals surface area (Å²) < 4.78 is 0. The number of carbonyl (C=O) groups is 1. The molecule has 1 amide bonds. The highest BCUT2D eigenvalue weighted by Crippen LogP contribution is 2.24. The minimum Gasteiger partial charge on any atom is -0.345 e. The van der Waals surface area contributed by atoms with Crippen LogP contribution in [0.1, 0.15) is 52.9 Å². The summed E-state index contributed by atoms with van der Waals surface area (Å²) in [6.07, 6.45) is 6.24. The molecule has 1 aromatic carbocycles. The van der Waals surface area contributed by atoms with Crippen LogP contribution in [-0.4, -0.2) is 10.9 Å². The highest BCUT2D eigenvalue weighted by Gasteiger charge is 2.15. The van der Waals surface area contributed by atoms with Gasteiger partial charge in [0.1, 0.15) is 0 Å². The van der Waals surface area contributed by atoms with Crippen molar-refractivity contribution >= 4 is 5.91 Å². The Bertz CT molecular complexity index is 728. The molecule has 0 radical (unpaired) electrons. The number of benzene rings is 1. The monoisotopic (exact) mass is 296 g/mol. The first-order chi connectivity index (χ1) is 10.6. The standard InChI is InChI=1S/C18H20N2O2/c1-12(20-18(22)16-8-9-17(21)19-11-16)14-7-6-13-4-2-3-5-15(13)10-14/h6-12H,2-5H2,1H3,(H,19,21)(H,20,22)/t12-/m1/s1. The van der Waals surface area contributed by atoms with Gasteiger partial charge in [-0.15, -0.1) is 0 Å². The minimum absolute atomic E-state index is 0.0633. The number of aromatic nitrogens is 1. The van der Waals surface area contributed by atoms with Crippen molar-refractivity contribution in [1.29, 1.82) is 0 Å². The van der Waals surface area contributed by atoms with E-state index in [-0.39, 0.29) is 17.5 Å². The van der Waals surface area contributed by atoms with Gasteiger partial charge in [0, 0.05) is 12.3 Å². The average Bonchev–Trinajstić information content (AvgIpc) is 2.55. The molecule has 0 spiro atoms. The van der Waals surface area contributed by atoms with Crippen LogP contribution in [0.2, 0.25) is 0 Å². The third-order valence-corrected chi connectivity index (χ3v) is 4.27. The molecule has 3 rings (SSSR count). The smallest absolute Gasteiger partial charge is 0.253 e. The lowest BCUT2D eigenvalue weighted by Gasteiger charge is -2.20. The highest BCUT2D eigenvalue weighted by molar-refractivity contribution is 5.94. The summed E-state index contributed by atoms with van der Waals surface area (Å²) in [6, 6.07) is 9.33. The lowest BCUT2D eigenvalue weighted by molar-refractivity contribution is 0.0939. The predicted molar refractivity (Wildman–Crippen MR) is 86.0 cm³/mol. The first-order valence-electron chi connectivity index (χ1n) is 7.75. The minimum atomic E-state index is -0.209. The van der Waals surface area contributed by atoms with Gasteiger partial charge >= 0.3 is 0 Å². The molecule has 1 aliphatic carbocycles. The zero-order chi connectivity index (χ0) is 15.5. The fraction of sp³-hybridized carbons (Fsp3) is 0.333. The number of carbonyl (C=O) groups excluding carboxylic acids is 1. The fourth-order valence-corrected chi connectivity index (χ4v) is 2.94. The molecule has 0 bridgehead atoms. The zero-order valence-electron chi connectivity index (χ0n) is 12.7. The van der Waals surface area contributed by atoms with Gasteiger partial charge < -0.3 is 10.3 Å². The van der Waals surface area contributed by atoms with Crippen LogP contribution in [0, 0.1) is 0 Å². The number of H-pyrrole nitrogens is 1. The maximum Gasteiger partial charge on any atom is 0.253 e. The van der Waals surface area contributed by atoms with Crippen molar-refractivity contribution in [3.05, 3.63) is 69.1 Å². The van der Waals surface area contributed by atoms with Gasteiger partial charge in [0.15, 0.2) is 0 Å². The Kier molecular flexibility index (Phi) is 4.09. The summed E-state index contributed by atoms with van der Waals surface area (Å²) in [4.78, 5) is 25.8. The van der Waals surface area contributed by atoms with Gasteiger partial charge in [-0.05, 0) is 55.4 Å². The second-order valence-electron chi connectivity index (χ2n) is 5.87. The molecule has 0 saturated carbocycles. The third kappa shape index (κ3) is 3.11. The first kappa shape index (κ1) is 14.6. The van der Waals surface area contributed by atoms with E-state index in [1.165, 1.54) is 42.3 Å². The second-order valence-corrected chi connectivity index (χ2v) is 5.87. The van der Waals surface area contributed by atoms with Crippen molar-refractivity contribution in [2.45, 2.75) is 38.6 Å². The van der Waals surface area contributed by atoms with Crippen molar-refractivity contribution in [2.24, 2.45) is 0 Å². The molecule has 22 heavy (non-hydrogen) atoms. The Labute approximate surface area is 129 Å². The molecule has 2 aromatic rings. The SMILES string of the molecule is C[C@@H](NC(=O)c1ccc(=O)[nH]c1)c1ccc2c(c1)CCCC2. The molecular weight excluding hydrogens is 276 g/mol. The Morgan fingerprint density at radius 3 is 2.64 bits per heavy atom. The van der Waals surface area contributed by atoms with Gasteiger partial charge in [0.25, 0.3) is 5.91 Å². The molecule has 0 aliphatic heterocycles. The number of hydrogen-bond donors (Lipinski definition) is 2. The number of amides is 1. The van der Waals surface area contributed by atoms with Crippen LogP contribution in [0.4, 0.5) is 0 Å². The van der Waals surface area contributed by atoms with Gasteiger partial charge in [0.2, 0.25) is 5.56 Å². The van der Waals surface area contributed by atoms with E-state index < -0.39 is 0 Å². The van der Waals surface area contributed by atoms with Gasteiger partial charge in [0.05, 0.1) is 11.6 Å². The van der Waals surface area contributed by atoms with Crippen LogP contribution in [0.25, 0.3) is 0 Å². The van der Waals surface area contributed by atoms with Gasteiger partial charge in [-0.25, -0.2) is 0 Å². The van der Waals surface area contributed by atoms with Crippen molar-refractivity contribution in [3.63, 3.8) is 0 Å². The van der Waals surface area contributed by atoms with Crippen molar-refractivity contribution in [2.75, 3.05) is 0 Å². The van der Waals surface area contributed by atoms with E-state index in [0.717, 1.165) is 18.4 Å². The lowest BCUT2D eigenvalue weighted by atomic mass is 9.89. The van der Waals surface area contributed by atoms with E-state index in [9.17, 15) is 9.59 Å². The van der Waals surface area contributed by atoms with Crippen LogP contribution in [0.5, 0.6) is 0 Å². The molecule has 1 atom stereocenters. The number of rotatable bonds is 3. The number of pyridine rings is 1. The van der Waals surface area contributed by atoms with Gasteiger partial charge in [-0.1, -0.05) is 18.2 Å². The summed E-state index contributed by atoms with van der Waals surface area (Å²) in [6.45, 7) is 1.98. The van der Waals surface area contributed by atoms with Crippen molar-refractivity contribution in [3.8, 4) is 0 Å². The Balaban J connectivity index is 1.73. The fourth-order valence-electron chi connectivity index (χ4n) is 2.94. The molecule has 114 valence electrons. The molecular formula is C18H20N2O2. The van der Waals surface area contributed by atoms with Gasteiger partial charge in [-0.2, -0.15) is 0 Å². The number of hydrogen-bond acceptors (Lipinski definition) is 2. The molecule has 1 heterocycles. The molecule has 1 aromatic heterocycles. The molecule has 4 nitrogen and oxygen atoms in total. The summed E-state index contributed by atoms with van der Waals surface area (Å²) in [5.74, 6) is -0.179. The van der Waals surface area contributed by atoms with Crippen molar-refractivity contribution < 1.29 is 4.79 Å². The zero-order valence-corrected chi connectivity index (χ0v) is 12.7. The summed E-state index contributed by atoms with van der Waals surface area (Å²) >= 11 is 0. The molecule has 1 aliphatic rings. The third-order valence-electron chi connectivity index (χ3n) is 4.27. The lowest BCUT2D eigenvalue weighted by Crippen LogP contribution is -2.27. The maximum absolute atomic E-state index is 12.2. The normalized spacial score (nSPS) is 15.0. The Morgan fingerprint density at radius 2 is 1.91 bits per heavy atom. The largest absolute Gasteiger partial charge is 0.345 e. The maximum atomic E-state index is 12.2. The number of nitrogens with one attached hydrogen (secondary N) is 2. The molecule has 4 heteroatoms. The average molecular weight is 296 g/mol. The van der Waals surface area contributed by atoms with Crippen LogP contribution in [0.3, 0.4) is 0 Å².